The molecular weight excluding hydrogens is 396 g/mol. The molecule has 2 aromatic rings. The third-order valence-corrected chi connectivity index (χ3v) is 7.54. The Morgan fingerprint density at radius 2 is 1.66 bits per heavy atom. The van der Waals surface area contributed by atoms with Crippen LogP contribution in [0.4, 0.5) is 0 Å². The monoisotopic (exact) mass is 422 g/mol. The zero-order chi connectivity index (χ0) is 22.6. The highest BCUT2D eigenvalue weighted by Crippen LogP contribution is 2.60. The Kier molecular flexibility index (Phi) is 4.67. The van der Waals surface area contributed by atoms with Gasteiger partial charge in [-0.25, -0.2) is 0 Å². The van der Waals surface area contributed by atoms with Crippen LogP contribution in [0.5, 0.6) is 0 Å². The molecule has 2 N–H and O–H groups in total. The predicted octanol–water partition coefficient (Wildman–Crippen LogP) is 5.44. The first-order valence-electron chi connectivity index (χ1n) is 11.3. The molecule has 2 atom stereocenters. The summed E-state index contributed by atoms with van der Waals surface area (Å²) in [5, 5.41) is 10.0. The van der Waals surface area contributed by atoms with Gasteiger partial charge in [0.1, 0.15) is 11.5 Å². The lowest BCUT2D eigenvalue weighted by Crippen LogP contribution is -2.51. The number of benzene rings is 2. The van der Waals surface area contributed by atoms with E-state index in [0.29, 0.717) is 22.6 Å². The molecule has 1 spiro atoms. The molecule has 0 aromatic heterocycles. The molecule has 0 amide bonds. The van der Waals surface area contributed by atoms with E-state index in [-0.39, 0.29) is 23.2 Å². The average Bonchev–Trinajstić information content (AvgIpc) is 3.03. The molecule has 0 bridgehead atoms. The standard InChI is InChI=1S/C28H26N2O2/c1-16(2)17-11-13-18(14-12-17)24-20-8-4-3-7-19(20)23(15-29)25(30)28(24)26(31)21-9-5-6-10-22(21)27(28)32/h5-7,9-14,16,20,24H,3-4,8,30H2,1-2H3. The summed E-state index contributed by atoms with van der Waals surface area (Å²) in [5.41, 5.74) is 9.40. The van der Waals surface area contributed by atoms with Gasteiger partial charge in [0.15, 0.2) is 11.6 Å². The molecule has 32 heavy (non-hydrogen) atoms. The molecule has 0 aliphatic heterocycles. The molecule has 0 radical (unpaired) electrons. The minimum Gasteiger partial charge on any atom is -0.400 e. The zero-order valence-corrected chi connectivity index (χ0v) is 18.4. The minimum absolute atomic E-state index is 0.0992. The fourth-order valence-electron chi connectivity index (χ4n) is 5.99. The molecule has 3 aliphatic rings. The van der Waals surface area contributed by atoms with E-state index in [1.807, 2.05) is 12.1 Å². The third-order valence-electron chi connectivity index (χ3n) is 7.54. The number of hydrogen-bond acceptors (Lipinski definition) is 4. The van der Waals surface area contributed by atoms with E-state index in [4.69, 9.17) is 5.73 Å². The maximum absolute atomic E-state index is 14.0. The number of rotatable bonds is 2. The van der Waals surface area contributed by atoms with Gasteiger partial charge in [0.05, 0.1) is 5.57 Å². The van der Waals surface area contributed by atoms with Crippen molar-refractivity contribution in [3.63, 3.8) is 0 Å². The van der Waals surface area contributed by atoms with Gasteiger partial charge in [0.2, 0.25) is 0 Å². The fraction of sp³-hybridized carbons (Fsp3) is 0.321. The summed E-state index contributed by atoms with van der Waals surface area (Å²) in [4.78, 5) is 28.1. The number of allylic oxidation sites excluding steroid dienone is 4. The van der Waals surface area contributed by atoms with Crippen molar-refractivity contribution in [1.29, 1.82) is 5.26 Å². The van der Waals surface area contributed by atoms with Crippen molar-refractivity contribution in [3.8, 4) is 6.07 Å². The lowest BCUT2D eigenvalue weighted by molar-refractivity contribution is 0.0659. The molecule has 0 saturated heterocycles. The van der Waals surface area contributed by atoms with E-state index in [0.717, 1.165) is 30.4 Å². The van der Waals surface area contributed by atoms with Crippen LogP contribution >= 0.6 is 0 Å². The van der Waals surface area contributed by atoms with Gasteiger partial charge in [-0.1, -0.05) is 68.5 Å². The second-order valence-electron chi connectivity index (χ2n) is 9.41. The third kappa shape index (κ3) is 2.54. The molecule has 4 heteroatoms. The first-order chi connectivity index (χ1) is 15.4. The van der Waals surface area contributed by atoms with Gasteiger partial charge in [0.25, 0.3) is 0 Å². The van der Waals surface area contributed by atoms with E-state index >= 15 is 0 Å². The van der Waals surface area contributed by atoms with Gasteiger partial charge in [0, 0.05) is 22.7 Å². The van der Waals surface area contributed by atoms with Crippen molar-refractivity contribution in [1.82, 2.24) is 0 Å². The molecule has 4 nitrogen and oxygen atoms in total. The van der Waals surface area contributed by atoms with Gasteiger partial charge in [-0.2, -0.15) is 5.26 Å². The summed E-state index contributed by atoms with van der Waals surface area (Å²) in [6.45, 7) is 4.28. The number of hydrogen-bond donors (Lipinski definition) is 1. The van der Waals surface area contributed by atoms with Gasteiger partial charge in [-0.3, -0.25) is 9.59 Å². The zero-order valence-electron chi connectivity index (χ0n) is 18.4. The Hall–Kier alpha value is -3.45. The molecule has 0 fully saturated rings. The lowest BCUT2D eigenvalue weighted by Gasteiger charge is -2.46. The summed E-state index contributed by atoms with van der Waals surface area (Å²) in [7, 11) is 0. The second kappa shape index (κ2) is 7.31. The predicted molar refractivity (Wildman–Crippen MR) is 123 cm³/mol. The van der Waals surface area contributed by atoms with E-state index in [2.05, 4.69) is 38.1 Å². The van der Waals surface area contributed by atoms with Crippen molar-refractivity contribution in [2.24, 2.45) is 17.1 Å². The van der Waals surface area contributed by atoms with Crippen molar-refractivity contribution in [2.45, 2.75) is 44.9 Å². The highest BCUT2D eigenvalue weighted by molar-refractivity contribution is 6.32. The van der Waals surface area contributed by atoms with Crippen LogP contribution in [0.1, 0.15) is 76.8 Å². The van der Waals surface area contributed by atoms with Crippen LogP contribution in [-0.4, -0.2) is 11.6 Å². The van der Waals surface area contributed by atoms with Crippen LogP contribution in [0.15, 0.2) is 71.5 Å². The van der Waals surface area contributed by atoms with Gasteiger partial charge >= 0.3 is 0 Å². The van der Waals surface area contributed by atoms with Crippen molar-refractivity contribution in [2.75, 3.05) is 0 Å². The quantitative estimate of drug-likeness (QED) is 0.654. The van der Waals surface area contributed by atoms with Crippen LogP contribution in [0.2, 0.25) is 0 Å². The smallest absolute Gasteiger partial charge is 0.184 e. The van der Waals surface area contributed by atoms with Crippen LogP contribution in [0, 0.1) is 22.7 Å². The molecule has 2 unspecified atom stereocenters. The van der Waals surface area contributed by atoms with Crippen molar-refractivity contribution < 1.29 is 9.59 Å². The number of carbonyl (C=O) groups is 2. The number of nitriles is 1. The van der Waals surface area contributed by atoms with E-state index in [1.165, 1.54) is 5.56 Å². The highest BCUT2D eigenvalue weighted by Gasteiger charge is 2.64. The van der Waals surface area contributed by atoms with E-state index < -0.39 is 11.3 Å². The van der Waals surface area contributed by atoms with Crippen LogP contribution in [0.3, 0.4) is 0 Å². The number of ketones is 2. The van der Waals surface area contributed by atoms with Gasteiger partial charge in [-0.05, 0) is 47.8 Å². The number of nitrogens with zero attached hydrogens (tertiary/aromatic N) is 1. The minimum atomic E-state index is -1.56. The summed E-state index contributed by atoms with van der Waals surface area (Å²) >= 11 is 0. The lowest BCUT2D eigenvalue weighted by atomic mass is 9.54. The normalized spacial score (nSPS) is 23.8. The first kappa shape index (κ1) is 20.5. The molecular formula is C28H26N2O2. The molecule has 0 saturated carbocycles. The topological polar surface area (TPSA) is 83.9 Å². The van der Waals surface area contributed by atoms with Gasteiger partial charge in [-0.15, -0.1) is 0 Å². The average molecular weight is 423 g/mol. The molecule has 0 heterocycles. The maximum atomic E-state index is 14.0. The molecule has 5 rings (SSSR count). The highest BCUT2D eigenvalue weighted by atomic mass is 16.2. The molecule has 2 aromatic carbocycles. The van der Waals surface area contributed by atoms with Crippen LogP contribution < -0.4 is 5.73 Å². The fourth-order valence-corrected chi connectivity index (χ4v) is 5.99. The number of Topliss-reactive ketones (excluding diaryl/α,β-unsaturated/α-hetero) is 2. The summed E-state index contributed by atoms with van der Waals surface area (Å²) in [5.74, 6) is -0.696. The van der Waals surface area contributed by atoms with Crippen molar-refractivity contribution in [3.05, 3.63) is 93.7 Å². The summed E-state index contributed by atoms with van der Waals surface area (Å²) in [6.07, 6.45) is 4.73. The Bertz CT molecular complexity index is 1210. The van der Waals surface area contributed by atoms with Gasteiger partial charge < -0.3 is 5.73 Å². The number of nitrogens with two attached hydrogens (primary N) is 1. The Morgan fingerprint density at radius 1 is 1.03 bits per heavy atom. The van der Waals surface area contributed by atoms with E-state index in [1.54, 1.807) is 24.3 Å². The number of fused-ring (bicyclic) bond motifs is 2. The number of carbonyl (C=O) groups excluding carboxylic acids is 2. The summed E-state index contributed by atoms with van der Waals surface area (Å²) < 4.78 is 0. The Labute approximate surface area is 188 Å². The maximum Gasteiger partial charge on any atom is 0.184 e. The Morgan fingerprint density at radius 3 is 2.22 bits per heavy atom. The Balaban J connectivity index is 1.82. The van der Waals surface area contributed by atoms with Crippen molar-refractivity contribution >= 4 is 11.6 Å². The van der Waals surface area contributed by atoms with Crippen LogP contribution in [0.25, 0.3) is 0 Å². The molecule has 160 valence electrons. The second-order valence-corrected chi connectivity index (χ2v) is 9.41. The first-order valence-corrected chi connectivity index (χ1v) is 11.3. The van der Waals surface area contributed by atoms with Crippen LogP contribution in [-0.2, 0) is 0 Å². The SMILES string of the molecule is CC(C)c1ccc(C2C3CCCC=C3C(C#N)=C(N)C23C(=O)c2ccccc2C3=O)cc1. The summed E-state index contributed by atoms with van der Waals surface area (Å²) in [6, 6.07) is 17.5. The largest absolute Gasteiger partial charge is 0.400 e. The van der Waals surface area contributed by atoms with E-state index in [9.17, 15) is 14.9 Å². The molecule has 3 aliphatic carbocycles.